The van der Waals surface area contributed by atoms with Crippen LogP contribution in [-0.4, -0.2) is 11.8 Å². The van der Waals surface area contributed by atoms with Crippen molar-refractivity contribution in [2.45, 2.75) is 13.5 Å². The number of hydrogen-bond donors (Lipinski definition) is 2. The van der Waals surface area contributed by atoms with Crippen LogP contribution in [0, 0.1) is 0 Å². The molecule has 3 aromatic rings. The highest BCUT2D eigenvalue weighted by Gasteiger charge is 2.00. The van der Waals surface area contributed by atoms with Crippen molar-refractivity contribution in [3.8, 4) is 5.75 Å². The Kier molecular flexibility index (Phi) is 6.79. The first-order valence-electron chi connectivity index (χ1n) is 9.22. The fourth-order valence-corrected chi connectivity index (χ4v) is 2.61. The van der Waals surface area contributed by atoms with Gasteiger partial charge in [0.25, 0.3) is 0 Å². The molecule has 2 amide bonds. The van der Waals surface area contributed by atoms with E-state index in [-0.39, 0.29) is 11.8 Å². The molecular weight excluding hydrogens is 364 g/mol. The van der Waals surface area contributed by atoms with Crippen molar-refractivity contribution in [2.75, 3.05) is 10.6 Å². The molecule has 5 nitrogen and oxygen atoms in total. The van der Waals surface area contributed by atoms with Crippen LogP contribution in [0.1, 0.15) is 18.1 Å². The third-order valence-electron chi connectivity index (χ3n) is 4.03. The first-order chi connectivity index (χ1) is 14.1. The quantitative estimate of drug-likeness (QED) is 0.569. The maximum Gasteiger partial charge on any atom is 0.248 e. The molecule has 3 aromatic carbocycles. The molecule has 0 aliphatic heterocycles. The number of amides is 2. The van der Waals surface area contributed by atoms with Crippen molar-refractivity contribution < 1.29 is 14.3 Å². The predicted octanol–water partition coefficient (Wildman–Crippen LogP) is 4.88. The Morgan fingerprint density at radius 2 is 1.45 bits per heavy atom. The fourth-order valence-electron chi connectivity index (χ4n) is 2.61. The highest BCUT2D eigenvalue weighted by atomic mass is 16.5. The van der Waals surface area contributed by atoms with Crippen LogP contribution in [0.15, 0.2) is 84.9 Å². The number of ether oxygens (including phenoxy) is 1. The molecule has 146 valence electrons. The van der Waals surface area contributed by atoms with E-state index in [0.29, 0.717) is 18.0 Å². The first-order valence-corrected chi connectivity index (χ1v) is 9.22. The van der Waals surface area contributed by atoms with Crippen LogP contribution in [0.2, 0.25) is 0 Å². The Hall–Kier alpha value is -3.86. The molecule has 0 bridgehead atoms. The summed E-state index contributed by atoms with van der Waals surface area (Å²) in [6.07, 6.45) is 3.21. The number of carbonyl (C=O) groups excluding carboxylic acids is 2. The molecule has 0 saturated carbocycles. The van der Waals surface area contributed by atoms with Gasteiger partial charge in [0.05, 0.1) is 0 Å². The average Bonchev–Trinajstić information content (AvgIpc) is 2.73. The molecule has 0 unspecified atom stereocenters. The molecule has 0 atom stereocenters. The van der Waals surface area contributed by atoms with E-state index < -0.39 is 0 Å². The van der Waals surface area contributed by atoms with Gasteiger partial charge in [0.1, 0.15) is 12.4 Å². The minimum Gasteiger partial charge on any atom is -0.489 e. The van der Waals surface area contributed by atoms with E-state index in [1.807, 2.05) is 54.6 Å². The van der Waals surface area contributed by atoms with Gasteiger partial charge < -0.3 is 15.4 Å². The first kappa shape index (κ1) is 19.9. The highest BCUT2D eigenvalue weighted by molar-refractivity contribution is 6.02. The molecule has 2 N–H and O–H groups in total. The lowest BCUT2D eigenvalue weighted by molar-refractivity contribution is -0.114. The van der Waals surface area contributed by atoms with Gasteiger partial charge in [-0.05, 0) is 53.6 Å². The second-order valence-electron chi connectivity index (χ2n) is 6.42. The highest BCUT2D eigenvalue weighted by Crippen LogP contribution is 2.16. The zero-order chi connectivity index (χ0) is 20.5. The molecule has 0 saturated heterocycles. The zero-order valence-corrected chi connectivity index (χ0v) is 16.1. The Morgan fingerprint density at radius 1 is 0.828 bits per heavy atom. The molecule has 3 rings (SSSR count). The SMILES string of the molecule is CC(=O)Nc1ccc(NC(=O)/C=C/c2ccc(OCc3ccccc3)cc2)cc1. The number of anilines is 2. The van der Waals surface area contributed by atoms with Crippen molar-refractivity contribution in [1.82, 2.24) is 0 Å². The minimum absolute atomic E-state index is 0.138. The molecule has 0 heterocycles. The number of hydrogen-bond acceptors (Lipinski definition) is 3. The molecule has 0 fully saturated rings. The van der Waals surface area contributed by atoms with Gasteiger partial charge in [-0.3, -0.25) is 9.59 Å². The van der Waals surface area contributed by atoms with E-state index in [1.54, 1.807) is 30.3 Å². The number of nitrogens with one attached hydrogen (secondary N) is 2. The summed E-state index contributed by atoms with van der Waals surface area (Å²) in [6, 6.07) is 24.4. The van der Waals surface area contributed by atoms with Crippen LogP contribution in [0.25, 0.3) is 6.08 Å². The van der Waals surface area contributed by atoms with E-state index in [0.717, 1.165) is 16.9 Å². The minimum atomic E-state index is -0.235. The summed E-state index contributed by atoms with van der Waals surface area (Å²) in [4.78, 5) is 23.1. The van der Waals surface area contributed by atoms with Crippen molar-refractivity contribution in [3.63, 3.8) is 0 Å². The van der Waals surface area contributed by atoms with E-state index in [1.165, 1.54) is 13.0 Å². The van der Waals surface area contributed by atoms with Gasteiger partial charge in [-0.15, -0.1) is 0 Å². The number of carbonyl (C=O) groups is 2. The van der Waals surface area contributed by atoms with Gasteiger partial charge in [-0.2, -0.15) is 0 Å². The summed E-state index contributed by atoms with van der Waals surface area (Å²) in [6.45, 7) is 1.96. The van der Waals surface area contributed by atoms with Gasteiger partial charge in [-0.25, -0.2) is 0 Å². The van der Waals surface area contributed by atoms with Gasteiger partial charge in [0.2, 0.25) is 11.8 Å². The number of benzene rings is 3. The second-order valence-corrected chi connectivity index (χ2v) is 6.42. The molecule has 0 aromatic heterocycles. The number of rotatable bonds is 7. The van der Waals surface area contributed by atoms with E-state index in [4.69, 9.17) is 4.74 Å². The Labute approximate surface area is 170 Å². The lowest BCUT2D eigenvalue weighted by Gasteiger charge is -2.06. The molecule has 29 heavy (non-hydrogen) atoms. The summed E-state index contributed by atoms with van der Waals surface area (Å²) < 4.78 is 5.76. The normalized spacial score (nSPS) is 10.5. The monoisotopic (exact) mass is 386 g/mol. The third kappa shape index (κ3) is 6.66. The maximum absolute atomic E-state index is 12.1. The predicted molar refractivity (Wildman–Crippen MR) is 116 cm³/mol. The maximum atomic E-state index is 12.1. The van der Waals surface area contributed by atoms with Crippen LogP contribution >= 0.6 is 0 Å². The Morgan fingerprint density at radius 3 is 2.07 bits per heavy atom. The van der Waals surface area contributed by atoms with E-state index >= 15 is 0 Å². The second kappa shape index (κ2) is 9.90. The smallest absolute Gasteiger partial charge is 0.248 e. The average molecular weight is 386 g/mol. The van der Waals surface area contributed by atoms with Crippen LogP contribution < -0.4 is 15.4 Å². The largest absolute Gasteiger partial charge is 0.489 e. The van der Waals surface area contributed by atoms with Gasteiger partial charge in [0, 0.05) is 24.4 Å². The fraction of sp³-hybridized carbons (Fsp3) is 0.0833. The van der Waals surface area contributed by atoms with Crippen LogP contribution in [0.3, 0.4) is 0 Å². The van der Waals surface area contributed by atoms with Gasteiger partial charge in [-0.1, -0.05) is 42.5 Å². The summed E-state index contributed by atoms with van der Waals surface area (Å²) in [5.41, 5.74) is 3.34. The van der Waals surface area contributed by atoms with Gasteiger partial charge >= 0.3 is 0 Å². The van der Waals surface area contributed by atoms with E-state index in [2.05, 4.69) is 10.6 Å². The molecule has 0 aliphatic rings. The van der Waals surface area contributed by atoms with Crippen LogP contribution in [-0.2, 0) is 16.2 Å². The lowest BCUT2D eigenvalue weighted by atomic mass is 10.2. The Balaban J connectivity index is 1.50. The molecule has 0 spiro atoms. The molecule has 0 aliphatic carbocycles. The van der Waals surface area contributed by atoms with Crippen molar-refractivity contribution in [2.24, 2.45) is 0 Å². The van der Waals surface area contributed by atoms with Crippen molar-refractivity contribution >= 4 is 29.3 Å². The van der Waals surface area contributed by atoms with Crippen LogP contribution in [0.5, 0.6) is 5.75 Å². The summed E-state index contributed by atoms with van der Waals surface area (Å²) >= 11 is 0. The van der Waals surface area contributed by atoms with Crippen molar-refractivity contribution in [1.29, 1.82) is 0 Å². The lowest BCUT2D eigenvalue weighted by Crippen LogP contribution is -2.08. The zero-order valence-electron chi connectivity index (χ0n) is 16.1. The summed E-state index contributed by atoms with van der Waals surface area (Å²) in [5, 5.41) is 5.46. The molecular formula is C24H22N2O3. The van der Waals surface area contributed by atoms with E-state index in [9.17, 15) is 9.59 Å². The Bertz CT molecular complexity index is 979. The third-order valence-corrected chi connectivity index (χ3v) is 4.03. The standard InChI is InChI=1S/C24H22N2O3/c1-18(27)25-21-10-12-22(13-11-21)26-24(28)16-9-19-7-14-23(15-8-19)29-17-20-5-3-2-4-6-20/h2-16H,17H2,1H3,(H,25,27)(H,26,28)/b16-9+. The molecule has 5 heteroatoms. The summed E-state index contributed by atoms with van der Waals surface area (Å²) in [5.74, 6) is 0.401. The topological polar surface area (TPSA) is 67.4 Å². The van der Waals surface area contributed by atoms with Crippen LogP contribution in [0.4, 0.5) is 11.4 Å². The summed E-state index contributed by atoms with van der Waals surface area (Å²) in [7, 11) is 0. The van der Waals surface area contributed by atoms with Crippen molar-refractivity contribution in [3.05, 3.63) is 96.1 Å². The molecule has 0 radical (unpaired) electrons. The van der Waals surface area contributed by atoms with Gasteiger partial charge in [0.15, 0.2) is 0 Å².